The first-order valence-electron chi connectivity index (χ1n) is 6.56. The van der Waals surface area contributed by atoms with E-state index in [0.29, 0.717) is 0 Å². The fourth-order valence-electron chi connectivity index (χ4n) is 2.27. The zero-order chi connectivity index (χ0) is 16.2. The van der Waals surface area contributed by atoms with Crippen molar-refractivity contribution < 1.29 is 33.3 Å². The van der Waals surface area contributed by atoms with Gasteiger partial charge in [0.1, 0.15) is 6.04 Å². The minimum Gasteiger partial charge on any atom is -0.456 e. The summed E-state index contributed by atoms with van der Waals surface area (Å²) >= 11 is 0. The fraction of sp³-hybridized carbons (Fsp3) is 0.769. The SMILES string of the molecule is CO[C@H]1O[C@H](C)[C@H](OC(C)=O)[C@H](OC(C)=O)[C@H]1NC(C)=O. The summed E-state index contributed by atoms with van der Waals surface area (Å²) in [5, 5.41) is 2.60. The number of amides is 1. The van der Waals surface area contributed by atoms with E-state index in [1.165, 1.54) is 27.9 Å². The zero-order valence-corrected chi connectivity index (χ0v) is 12.7. The normalized spacial score (nSPS) is 32.1. The van der Waals surface area contributed by atoms with E-state index in [0.717, 1.165) is 0 Å². The second-order valence-electron chi connectivity index (χ2n) is 4.82. The lowest BCUT2D eigenvalue weighted by Crippen LogP contribution is -2.65. The molecule has 21 heavy (non-hydrogen) atoms. The van der Waals surface area contributed by atoms with Crippen LogP contribution in [0.15, 0.2) is 0 Å². The van der Waals surface area contributed by atoms with E-state index < -0.39 is 42.6 Å². The van der Waals surface area contributed by atoms with Crippen molar-refractivity contribution in [2.75, 3.05) is 7.11 Å². The van der Waals surface area contributed by atoms with E-state index in [2.05, 4.69) is 5.32 Å². The number of hydrogen-bond donors (Lipinski definition) is 1. The van der Waals surface area contributed by atoms with Crippen molar-refractivity contribution in [2.45, 2.75) is 58.3 Å². The summed E-state index contributed by atoms with van der Waals surface area (Å²) in [7, 11) is 1.41. The average molecular weight is 303 g/mol. The molecule has 1 aliphatic heterocycles. The molecule has 5 atom stereocenters. The molecule has 1 amide bonds. The molecule has 1 N–H and O–H groups in total. The Labute approximate surface area is 123 Å². The Morgan fingerprint density at radius 1 is 1.00 bits per heavy atom. The number of esters is 2. The van der Waals surface area contributed by atoms with E-state index in [4.69, 9.17) is 18.9 Å². The maximum atomic E-state index is 11.3. The third kappa shape index (κ3) is 4.68. The lowest BCUT2D eigenvalue weighted by atomic mass is 9.96. The summed E-state index contributed by atoms with van der Waals surface area (Å²) < 4.78 is 21.1. The van der Waals surface area contributed by atoms with Gasteiger partial charge in [0.15, 0.2) is 18.5 Å². The maximum Gasteiger partial charge on any atom is 0.303 e. The number of hydrogen-bond acceptors (Lipinski definition) is 7. The van der Waals surface area contributed by atoms with Crippen LogP contribution in [-0.4, -0.2) is 55.6 Å². The number of carbonyl (C=O) groups is 3. The molecule has 0 aromatic rings. The molecular weight excluding hydrogens is 282 g/mol. The highest BCUT2D eigenvalue weighted by Crippen LogP contribution is 2.26. The third-order valence-corrected chi connectivity index (χ3v) is 2.99. The summed E-state index contributed by atoms with van der Waals surface area (Å²) in [6.07, 6.45) is -3.12. The number of methoxy groups -OCH3 is 1. The van der Waals surface area contributed by atoms with Crippen LogP contribution in [0.5, 0.6) is 0 Å². The minimum atomic E-state index is -0.899. The van der Waals surface area contributed by atoms with Crippen molar-refractivity contribution in [1.29, 1.82) is 0 Å². The first-order valence-corrected chi connectivity index (χ1v) is 6.56. The zero-order valence-electron chi connectivity index (χ0n) is 12.7. The van der Waals surface area contributed by atoms with E-state index in [9.17, 15) is 14.4 Å². The molecule has 0 unspecified atom stereocenters. The number of nitrogens with one attached hydrogen (secondary N) is 1. The molecule has 0 bridgehead atoms. The van der Waals surface area contributed by atoms with Gasteiger partial charge < -0.3 is 24.3 Å². The molecule has 1 heterocycles. The molecule has 0 radical (unpaired) electrons. The van der Waals surface area contributed by atoms with Crippen molar-refractivity contribution in [3.63, 3.8) is 0 Å². The lowest BCUT2D eigenvalue weighted by molar-refractivity contribution is -0.261. The standard InChI is InChI=1S/C13H21NO7/c1-6-11(20-8(3)16)12(21-9(4)17)10(14-7(2)15)13(18-5)19-6/h6,10-13H,1-5H3,(H,14,15)/t6-,10-,11+,12-,13+/m1/s1. The monoisotopic (exact) mass is 303 g/mol. The molecule has 1 saturated heterocycles. The molecule has 1 aliphatic rings. The van der Waals surface area contributed by atoms with Crippen LogP contribution in [0.2, 0.25) is 0 Å². The van der Waals surface area contributed by atoms with Crippen LogP contribution in [-0.2, 0) is 33.3 Å². The summed E-state index contributed by atoms with van der Waals surface area (Å²) in [6.45, 7) is 5.46. The molecule has 8 nitrogen and oxygen atoms in total. The Bertz CT molecular complexity index is 411. The van der Waals surface area contributed by atoms with Crippen LogP contribution in [0.1, 0.15) is 27.7 Å². The smallest absolute Gasteiger partial charge is 0.303 e. The van der Waals surface area contributed by atoms with E-state index >= 15 is 0 Å². The minimum absolute atomic E-state index is 0.348. The van der Waals surface area contributed by atoms with Crippen LogP contribution in [0.3, 0.4) is 0 Å². The van der Waals surface area contributed by atoms with Crippen LogP contribution in [0, 0.1) is 0 Å². The molecule has 120 valence electrons. The van der Waals surface area contributed by atoms with Gasteiger partial charge in [-0.15, -0.1) is 0 Å². The van der Waals surface area contributed by atoms with Gasteiger partial charge in [0.2, 0.25) is 5.91 Å². The van der Waals surface area contributed by atoms with Crippen molar-refractivity contribution in [2.24, 2.45) is 0 Å². The molecule has 1 rings (SSSR count). The third-order valence-electron chi connectivity index (χ3n) is 2.99. The molecule has 0 aromatic heterocycles. The van der Waals surface area contributed by atoms with Gasteiger partial charge in [-0.1, -0.05) is 0 Å². The summed E-state index contributed by atoms with van der Waals surface area (Å²) in [6, 6.07) is -0.781. The molecule has 0 aliphatic carbocycles. The predicted octanol–water partition coefficient (Wildman–Crippen LogP) is -0.254. The van der Waals surface area contributed by atoms with Crippen LogP contribution < -0.4 is 5.32 Å². The molecule has 0 aromatic carbocycles. The van der Waals surface area contributed by atoms with Gasteiger partial charge in [-0.25, -0.2) is 0 Å². The van der Waals surface area contributed by atoms with Gasteiger partial charge in [-0.2, -0.15) is 0 Å². The first kappa shape index (κ1) is 17.4. The maximum absolute atomic E-state index is 11.3. The Kier molecular flexibility index (Phi) is 6.10. The second-order valence-corrected chi connectivity index (χ2v) is 4.82. The van der Waals surface area contributed by atoms with Gasteiger partial charge >= 0.3 is 11.9 Å². The molecule has 0 saturated carbocycles. The van der Waals surface area contributed by atoms with Crippen LogP contribution in [0.25, 0.3) is 0 Å². The van der Waals surface area contributed by atoms with Gasteiger partial charge in [-0.3, -0.25) is 14.4 Å². The summed E-state index contributed by atoms with van der Waals surface area (Å²) in [5.41, 5.74) is 0. The topological polar surface area (TPSA) is 100 Å². The number of ether oxygens (including phenoxy) is 4. The molecule has 0 spiro atoms. The Morgan fingerprint density at radius 3 is 1.95 bits per heavy atom. The summed E-state index contributed by atoms with van der Waals surface area (Å²) in [4.78, 5) is 33.9. The van der Waals surface area contributed by atoms with Crippen molar-refractivity contribution in [3.8, 4) is 0 Å². The van der Waals surface area contributed by atoms with Crippen LogP contribution in [0.4, 0.5) is 0 Å². The van der Waals surface area contributed by atoms with Crippen LogP contribution >= 0.6 is 0 Å². The number of carbonyl (C=O) groups excluding carboxylic acids is 3. The Hall–Kier alpha value is -1.67. The van der Waals surface area contributed by atoms with Gasteiger partial charge in [0.05, 0.1) is 6.10 Å². The Balaban J connectivity index is 3.08. The van der Waals surface area contributed by atoms with Gasteiger partial charge in [-0.05, 0) is 6.92 Å². The molecule has 1 fully saturated rings. The Morgan fingerprint density at radius 2 is 1.52 bits per heavy atom. The quantitative estimate of drug-likeness (QED) is 0.714. The van der Waals surface area contributed by atoms with E-state index in [1.807, 2.05) is 0 Å². The van der Waals surface area contributed by atoms with Crippen molar-refractivity contribution in [3.05, 3.63) is 0 Å². The fourth-order valence-corrected chi connectivity index (χ4v) is 2.27. The second kappa shape index (κ2) is 7.37. The summed E-state index contributed by atoms with van der Waals surface area (Å²) in [5.74, 6) is -1.44. The highest BCUT2D eigenvalue weighted by Gasteiger charge is 2.48. The first-order chi connectivity index (χ1) is 9.76. The number of rotatable bonds is 4. The lowest BCUT2D eigenvalue weighted by Gasteiger charge is -2.43. The van der Waals surface area contributed by atoms with Crippen molar-refractivity contribution >= 4 is 17.8 Å². The highest BCUT2D eigenvalue weighted by atomic mass is 16.7. The van der Waals surface area contributed by atoms with E-state index in [1.54, 1.807) is 6.92 Å². The predicted molar refractivity (Wildman–Crippen MR) is 70.1 cm³/mol. The highest BCUT2D eigenvalue weighted by molar-refractivity contribution is 5.73. The van der Waals surface area contributed by atoms with E-state index in [-0.39, 0.29) is 5.91 Å². The molecular formula is C13H21NO7. The molecule has 8 heteroatoms. The average Bonchev–Trinajstić information content (AvgIpc) is 2.35. The van der Waals surface area contributed by atoms with Gasteiger partial charge in [0, 0.05) is 27.9 Å². The van der Waals surface area contributed by atoms with Crippen molar-refractivity contribution in [1.82, 2.24) is 5.32 Å². The van der Waals surface area contributed by atoms with Gasteiger partial charge in [0.25, 0.3) is 0 Å². The largest absolute Gasteiger partial charge is 0.456 e.